The summed E-state index contributed by atoms with van der Waals surface area (Å²) in [6.45, 7) is 4.54. The van der Waals surface area contributed by atoms with E-state index in [1.807, 2.05) is 6.07 Å². The van der Waals surface area contributed by atoms with Crippen molar-refractivity contribution in [3.8, 4) is 5.69 Å². The van der Waals surface area contributed by atoms with Gasteiger partial charge in [-0.2, -0.15) is 0 Å². The summed E-state index contributed by atoms with van der Waals surface area (Å²) in [4.78, 5) is 0. The first kappa shape index (κ1) is 14.2. The van der Waals surface area contributed by atoms with E-state index in [0.29, 0.717) is 12.1 Å². The molecule has 1 aliphatic carbocycles. The molecule has 0 spiro atoms. The highest BCUT2D eigenvalue weighted by Gasteiger charge is 2.22. The summed E-state index contributed by atoms with van der Waals surface area (Å²) in [6.07, 6.45) is 7.13. The Morgan fingerprint density at radius 1 is 1.24 bits per heavy atom. The SMILES string of the molecule is CC(NC(C)C1CCCC1)c1cccc(-n2cnnn2)c1. The molecule has 112 valence electrons. The van der Waals surface area contributed by atoms with Crippen LogP contribution in [0, 0.1) is 5.92 Å². The second-order valence-corrected chi connectivity index (χ2v) is 6.07. The maximum Gasteiger partial charge on any atom is 0.143 e. The summed E-state index contributed by atoms with van der Waals surface area (Å²) in [6, 6.07) is 9.29. The second-order valence-electron chi connectivity index (χ2n) is 6.07. The topological polar surface area (TPSA) is 55.6 Å². The summed E-state index contributed by atoms with van der Waals surface area (Å²) in [5.41, 5.74) is 2.27. The van der Waals surface area contributed by atoms with Crippen LogP contribution in [0.15, 0.2) is 30.6 Å². The predicted molar refractivity (Wildman–Crippen MR) is 82.1 cm³/mol. The third-order valence-corrected chi connectivity index (χ3v) is 4.60. The Hall–Kier alpha value is -1.75. The normalized spacial score (nSPS) is 18.8. The molecule has 0 bridgehead atoms. The van der Waals surface area contributed by atoms with Gasteiger partial charge >= 0.3 is 0 Å². The lowest BCUT2D eigenvalue weighted by atomic mass is 9.97. The van der Waals surface area contributed by atoms with Gasteiger partial charge in [0.1, 0.15) is 6.33 Å². The Morgan fingerprint density at radius 3 is 2.76 bits per heavy atom. The van der Waals surface area contributed by atoms with E-state index in [4.69, 9.17) is 0 Å². The molecular weight excluding hydrogens is 262 g/mol. The molecule has 1 aliphatic rings. The molecule has 0 radical (unpaired) electrons. The van der Waals surface area contributed by atoms with Gasteiger partial charge in [0.15, 0.2) is 0 Å². The quantitative estimate of drug-likeness (QED) is 0.917. The predicted octanol–water partition coefficient (Wildman–Crippen LogP) is 2.89. The standard InChI is InChI=1S/C16H23N5/c1-12(14-6-3-4-7-14)18-13(2)15-8-5-9-16(10-15)21-11-17-19-20-21/h5,8-14,18H,3-4,6-7H2,1-2H3. The van der Waals surface area contributed by atoms with Crippen LogP contribution < -0.4 is 5.32 Å². The van der Waals surface area contributed by atoms with Crippen molar-refractivity contribution in [3.63, 3.8) is 0 Å². The van der Waals surface area contributed by atoms with Gasteiger partial charge in [-0.3, -0.25) is 0 Å². The van der Waals surface area contributed by atoms with Crippen molar-refractivity contribution in [2.45, 2.75) is 51.6 Å². The molecule has 2 unspecified atom stereocenters. The molecule has 0 saturated heterocycles. The molecule has 3 rings (SSSR count). The van der Waals surface area contributed by atoms with Crippen molar-refractivity contribution in [1.29, 1.82) is 0 Å². The average Bonchev–Trinajstić information content (AvgIpc) is 3.20. The molecule has 1 heterocycles. The monoisotopic (exact) mass is 285 g/mol. The van der Waals surface area contributed by atoms with Gasteiger partial charge in [0.2, 0.25) is 0 Å². The molecular formula is C16H23N5. The van der Waals surface area contributed by atoms with Crippen molar-refractivity contribution in [3.05, 3.63) is 36.2 Å². The lowest BCUT2D eigenvalue weighted by Gasteiger charge is -2.25. The fourth-order valence-corrected chi connectivity index (χ4v) is 3.30. The number of rotatable bonds is 5. The fourth-order valence-electron chi connectivity index (χ4n) is 3.30. The van der Waals surface area contributed by atoms with Crippen molar-refractivity contribution in [2.24, 2.45) is 5.92 Å². The van der Waals surface area contributed by atoms with E-state index in [0.717, 1.165) is 11.6 Å². The van der Waals surface area contributed by atoms with Gasteiger partial charge in [-0.1, -0.05) is 25.0 Å². The van der Waals surface area contributed by atoms with Crippen LogP contribution in [0.2, 0.25) is 0 Å². The Bertz CT molecular complexity index is 560. The molecule has 1 N–H and O–H groups in total. The van der Waals surface area contributed by atoms with E-state index in [-0.39, 0.29) is 0 Å². The fraction of sp³-hybridized carbons (Fsp3) is 0.562. The highest BCUT2D eigenvalue weighted by atomic mass is 15.5. The zero-order valence-electron chi connectivity index (χ0n) is 12.7. The zero-order chi connectivity index (χ0) is 14.7. The van der Waals surface area contributed by atoms with Crippen LogP contribution in [-0.4, -0.2) is 26.2 Å². The van der Waals surface area contributed by atoms with Crippen molar-refractivity contribution < 1.29 is 0 Å². The molecule has 2 aromatic rings. The molecule has 1 fully saturated rings. The molecule has 1 saturated carbocycles. The van der Waals surface area contributed by atoms with Gasteiger partial charge in [0, 0.05) is 12.1 Å². The molecule has 5 nitrogen and oxygen atoms in total. The van der Waals surface area contributed by atoms with Crippen LogP contribution in [0.25, 0.3) is 5.69 Å². The number of nitrogens with zero attached hydrogens (tertiary/aromatic N) is 4. The van der Waals surface area contributed by atoms with Crippen molar-refractivity contribution in [1.82, 2.24) is 25.5 Å². The first-order valence-corrected chi connectivity index (χ1v) is 7.83. The van der Waals surface area contributed by atoms with Gasteiger partial charge in [-0.05, 0) is 60.7 Å². The van der Waals surface area contributed by atoms with E-state index in [1.54, 1.807) is 11.0 Å². The molecule has 2 atom stereocenters. The van der Waals surface area contributed by atoms with E-state index in [9.17, 15) is 0 Å². The van der Waals surface area contributed by atoms with Gasteiger partial charge in [-0.25, -0.2) is 4.68 Å². The molecule has 0 amide bonds. The number of benzene rings is 1. The van der Waals surface area contributed by atoms with E-state index >= 15 is 0 Å². The highest BCUT2D eigenvalue weighted by Crippen LogP contribution is 2.29. The lowest BCUT2D eigenvalue weighted by molar-refractivity contribution is 0.352. The first-order valence-electron chi connectivity index (χ1n) is 7.83. The number of tetrazole rings is 1. The molecule has 1 aromatic heterocycles. The largest absolute Gasteiger partial charge is 0.307 e. The van der Waals surface area contributed by atoms with Crippen LogP contribution in [0.4, 0.5) is 0 Å². The Balaban J connectivity index is 1.69. The number of aromatic nitrogens is 4. The van der Waals surface area contributed by atoms with Gasteiger partial charge < -0.3 is 5.32 Å². The van der Waals surface area contributed by atoms with E-state index in [2.05, 4.69) is 52.9 Å². The van der Waals surface area contributed by atoms with Crippen LogP contribution >= 0.6 is 0 Å². The molecule has 1 aromatic carbocycles. The third-order valence-electron chi connectivity index (χ3n) is 4.60. The van der Waals surface area contributed by atoms with Gasteiger partial charge in [-0.15, -0.1) is 5.10 Å². The number of hydrogen-bond acceptors (Lipinski definition) is 4. The van der Waals surface area contributed by atoms with Crippen molar-refractivity contribution in [2.75, 3.05) is 0 Å². The maximum atomic E-state index is 3.95. The number of hydrogen-bond donors (Lipinski definition) is 1. The first-order chi connectivity index (χ1) is 10.2. The third kappa shape index (κ3) is 3.29. The average molecular weight is 285 g/mol. The van der Waals surface area contributed by atoms with Crippen molar-refractivity contribution >= 4 is 0 Å². The Labute approximate surface area is 125 Å². The smallest absolute Gasteiger partial charge is 0.143 e. The van der Waals surface area contributed by atoms with E-state index < -0.39 is 0 Å². The summed E-state index contributed by atoms with van der Waals surface area (Å²) >= 11 is 0. The van der Waals surface area contributed by atoms with Crippen LogP contribution in [-0.2, 0) is 0 Å². The highest BCUT2D eigenvalue weighted by molar-refractivity contribution is 5.35. The minimum atomic E-state index is 0.331. The van der Waals surface area contributed by atoms with E-state index in [1.165, 1.54) is 31.2 Å². The molecule has 21 heavy (non-hydrogen) atoms. The summed E-state index contributed by atoms with van der Waals surface area (Å²) < 4.78 is 1.69. The molecule has 0 aliphatic heterocycles. The molecule has 5 heteroatoms. The minimum Gasteiger partial charge on any atom is -0.307 e. The van der Waals surface area contributed by atoms with Gasteiger partial charge in [0.25, 0.3) is 0 Å². The summed E-state index contributed by atoms with van der Waals surface area (Å²) in [5, 5.41) is 15.1. The summed E-state index contributed by atoms with van der Waals surface area (Å²) in [5.74, 6) is 0.829. The second kappa shape index (κ2) is 6.35. The Morgan fingerprint density at radius 2 is 2.05 bits per heavy atom. The van der Waals surface area contributed by atoms with Gasteiger partial charge in [0.05, 0.1) is 5.69 Å². The Kier molecular flexibility index (Phi) is 4.29. The minimum absolute atomic E-state index is 0.331. The van der Waals surface area contributed by atoms with Crippen LogP contribution in [0.1, 0.15) is 51.1 Å². The maximum absolute atomic E-state index is 3.95. The number of nitrogens with one attached hydrogen (secondary N) is 1. The lowest BCUT2D eigenvalue weighted by Crippen LogP contribution is -2.34. The van der Waals surface area contributed by atoms with Crippen LogP contribution in [0.5, 0.6) is 0 Å². The summed E-state index contributed by atoms with van der Waals surface area (Å²) in [7, 11) is 0. The zero-order valence-corrected chi connectivity index (χ0v) is 12.7. The van der Waals surface area contributed by atoms with Crippen LogP contribution in [0.3, 0.4) is 0 Å².